The van der Waals surface area contributed by atoms with Gasteiger partial charge >= 0.3 is 0 Å². The highest BCUT2D eigenvalue weighted by Gasteiger charge is 2.08. The molecule has 0 N–H and O–H groups in total. The minimum absolute atomic E-state index is 0.768. The molecule has 5 heteroatoms. The van der Waals surface area contributed by atoms with Crippen LogP contribution in [0.1, 0.15) is 0 Å². The highest BCUT2D eigenvalue weighted by Crippen LogP contribution is 2.24. The van der Waals surface area contributed by atoms with E-state index in [1.165, 1.54) is 0 Å². The summed E-state index contributed by atoms with van der Waals surface area (Å²) in [4.78, 5) is 4.66. The SMILES string of the molecule is Brc1cccc2nc(-n3nnc4ccccc43)ccc12. The topological polar surface area (TPSA) is 43.6 Å². The lowest BCUT2D eigenvalue weighted by Crippen LogP contribution is -1.99. The van der Waals surface area contributed by atoms with Crippen LogP contribution in [0.15, 0.2) is 59.1 Å². The number of halogens is 1. The zero-order valence-corrected chi connectivity index (χ0v) is 11.9. The van der Waals surface area contributed by atoms with Gasteiger partial charge in [-0.2, -0.15) is 4.68 Å². The van der Waals surface area contributed by atoms with Gasteiger partial charge in [0.05, 0.1) is 11.0 Å². The van der Waals surface area contributed by atoms with Gasteiger partial charge < -0.3 is 0 Å². The van der Waals surface area contributed by atoms with Crippen molar-refractivity contribution in [2.75, 3.05) is 0 Å². The largest absolute Gasteiger partial charge is 0.229 e. The van der Waals surface area contributed by atoms with Gasteiger partial charge in [-0.1, -0.05) is 39.3 Å². The molecule has 2 heterocycles. The fourth-order valence-corrected chi connectivity index (χ4v) is 2.75. The maximum Gasteiger partial charge on any atom is 0.156 e. The first-order valence-corrected chi connectivity index (χ1v) is 6.98. The molecule has 20 heavy (non-hydrogen) atoms. The highest BCUT2D eigenvalue weighted by molar-refractivity contribution is 9.10. The van der Waals surface area contributed by atoms with Gasteiger partial charge in [-0.05, 0) is 36.4 Å². The molecule has 0 saturated carbocycles. The van der Waals surface area contributed by atoms with Gasteiger partial charge in [0.15, 0.2) is 5.82 Å². The third kappa shape index (κ3) is 1.71. The van der Waals surface area contributed by atoms with E-state index in [4.69, 9.17) is 0 Å². The quantitative estimate of drug-likeness (QED) is 0.536. The molecule has 96 valence electrons. The van der Waals surface area contributed by atoms with Gasteiger partial charge in [0, 0.05) is 9.86 Å². The zero-order chi connectivity index (χ0) is 13.5. The zero-order valence-electron chi connectivity index (χ0n) is 10.4. The lowest BCUT2D eigenvalue weighted by molar-refractivity contribution is 0.805. The number of benzene rings is 2. The minimum Gasteiger partial charge on any atom is -0.229 e. The first-order valence-electron chi connectivity index (χ1n) is 6.19. The van der Waals surface area contributed by atoms with E-state index < -0.39 is 0 Å². The van der Waals surface area contributed by atoms with Crippen molar-refractivity contribution in [3.05, 3.63) is 59.1 Å². The number of para-hydroxylation sites is 1. The van der Waals surface area contributed by atoms with Crippen molar-refractivity contribution in [3.8, 4) is 5.82 Å². The van der Waals surface area contributed by atoms with Crippen LogP contribution in [-0.4, -0.2) is 20.0 Å². The van der Waals surface area contributed by atoms with Crippen molar-refractivity contribution in [2.45, 2.75) is 0 Å². The Morgan fingerprint density at radius 1 is 0.850 bits per heavy atom. The molecule has 4 aromatic rings. The van der Waals surface area contributed by atoms with Gasteiger partial charge in [-0.25, -0.2) is 4.98 Å². The van der Waals surface area contributed by atoms with Crippen LogP contribution in [0.4, 0.5) is 0 Å². The van der Waals surface area contributed by atoms with Crippen LogP contribution in [0.3, 0.4) is 0 Å². The minimum atomic E-state index is 0.768. The van der Waals surface area contributed by atoms with Gasteiger partial charge in [-0.3, -0.25) is 0 Å². The standard InChI is InChI=1S/C15H9BrN4/c16-11-4-3-6-12-10(11)8-9-15(17-12)20-14-7-2-1-5-13(14)18-19-20/h1-9H. The van der Waals surface area contributed by atoms with Crippen molar-refractivity contribution >= 4 is 37.9 Å². The predicted molar refractivity (Wildman–Crippen MR) is 81.9 cm³/mol. The summed E-state index contributed by atoms with van der Waals surface area (Å²) in [6, 6.07) is 17.8. The molecule has 0 atom stereocenters. The van der Waals surface area contributed by atoms with E-state index in [2.05, 4.69) is 31.2 Å². The van der Waals surface area contributed by atoms with E-state index in [-0.39, 0.29) is 0 Å². The van der Waals surface area contributed by atoms with Crippen LogP contribution in [0, 0.1) is 0 Å². The second-order valence-corrected chi connectivity index (χ2v) is 5.32. The fraction of sp³-hybridized carbons (Fsp3) is 0. The third-order valence-electron chi connectivity index (χ3n) is 3.23. The maximum absolute atomic E-state index is 4.66. The predicted octanol–water partition coefficient (Wildman–Crippen LogP) is 3.73. The molecule has 2 aromatic heterocycles. The summed E-state index contributed by atoms with van der Waals surface area (Å²) in [5.41, 5.74) is 2.74. The molecule has 0 amide bonds. The number of pyridine rings is 1. The van der Waals surface area contributed by atoms with E-state index in [9.17, 15) is 0 Å². The Morgan fingerprint density at radius 3 is 2.65 bits per heavy atom. The summed E-state index contributed by atoms with van der Waals surface area (Å²) < 4.78 is 2.80. The molecular formula is C15H9BrN4. The first kappa shape index (κ1) is 11.5. The Bertz CT molecular complexity index is 929. The molecule has 4 nitrogen and oxygen atoms in total. The Morgan fingerprint density at radius 2 is 1.70 bits per heavy atom. The maximum atomic E-state index is 4.66. The molecule has 0 fully saturated rings. The molecule has 0 spiro atoms. The highest BCUT2D eigenvalue weighted by atomic mass is 79.9. The van der Waals surface area contributed by atoms with Crippen LogP contribution in [0.25, 0.3) is 27.8 Å². The molecule has 0 aliphatic carbocycles. The first-order chi connectivity index (χ1) is 9.83. The summed E-state index contributed by atoms with van der Waals surface area (Å²) in [6.07, 6.45) is 0. The van der Waals surface area contributed by atoms with Crippen molar-refractivity contribution in [1.29, 1.82) is 0 Å². The van der Waals surface area contributed by atoms with Gasteiger partial charge in [-0.15, -0.1) is 5.10 Å². The Labute approximate surface area is 123 Å². The van der Waals surface area contributed by atoms with E-state index in [1.54, 1.807) is 4.68 Å². The van der Waals surface area contributed by atoms with E-state index in [1.807, 2.05) is 54.6 Å². The van der Waals surface area contributed by atoms with Crippen LogP contribution in [-0.2, 0) is 0 Å². The second kappa shape index (κ2) is 4.38. The van der Waals surface area contributed by atoms with Crippen LogP contribution in [0.5, 0.6) is 0 Å². The fourth-order valence-electron chi connectivity index (χ4n) is 2.26. The summed E-state index contributed by atoms with van der Waals surface area (Å²) in [7, 11) is 0. The Balaban J connectivity index is 1.98. The van der Waals surface area contributed by atoms with Crippen LogP contribution >= 0.6 is 15.9 Å². The molecule has 0 aliphatic rings. The molecule has 0 bridgehead atoms. The van der Waals surface area contributed by atoms with Crippen molar-refractivity contribution in [3.63, 3.8) is 0 Å². The number of hydrogen-bond acceptors (Lipinski definition) is 3. The van der Waals surface area contributed by atoms with Crippen molar-refractivity contribution in [1.82, 2.24) is 20.0 Å². The lowest BCUT2D eigenvalue weighted by Gasteiger charge is -2.04. The molecule has 0 unspecified atom stereocenters. The van der Waals surface area contributed by atoms with E-state index in [0.29, 0.717) is 0 Å². The van der Waals surface area contributed by atoms with Gasteiger partial charge in [0.25, 0.3) is 0 Å². The van der Waals surface area contributed by atoms with Gasteiger partial charge in [0.2, 0.25) is 0 Å². The number of rotatable bonds is 1. The van der Waals surface area contributed by atoms with Crippen LogP contribution in [0.2, 0.25) is 0 Å². The summed E-state index contributed by atoms with van der Waals surface area (Å²) in [6.45, 7) is 0. The smallest absolute Gasteiger partial charge is 0.156 e. The molecule has 4 rings (SSSR count). The summed E-state index contributed by atoms with van der Waals surface area (Å²) in [5, 5.41) is 9.43. The monoisotopic (exact) mass is 324 g/mol. The Kier molecular flexibility index (Phi) is 2.53. The molecule has 0 saturated heterocycles. The molecular weight excluding hydrogens is 316 g/mol. The average molecular weight is 325 g/mol. The normalized spacial score (nSPS) is 11.2. The molecule has 2 aromatic carbocycles. The molecule has 0 radical (unpaired) electrons. The van der Waals surface area contributed by atoms with E-state index in [0.717, 1.165) is 32.2 Å². The van der Waals surface area contributed by atoms with Gasteiger partial charge in [0.1, 0.15) is 5.52 Å². The summed E-state index contributed by atoms with van der Waals surface area (Å²) >= 11 is 3.54. The average Bonchev–Trinajstić information content (AvgIpc) is 2.91. The number of nitrogens with zero attached hydrogens (tertiary/aromatic N) is 4. The number of aromatic nitrogens is 4. The summed E-state index contributed by atoms with van der Waals surface area (Å²) in [5.74, 6) is 0.768. The van der Waals surface area contributed by atoms with Crippen molar-refractivity contribution in [2.24, 2.45) is 0 Å². The molecule has 0 aliphatic heterocycles. The van der Waals surface area contributed by atoms with Crippen LogP contribution < -0.4 is 0 Å². The lowest BCUT2D eigenvalue weighted by atomic mass is 10.2. The third-order valence-corrected chi connectivity index (χ3v) is 3.92. The number of hydrogen-bond donors (Lipinski definition) is 0. The number of fused-ring (bicyclic) bond motifs is 2. The van der Waals surface area contributed by atoms with Crippen molar-refractivity contribution < 1.29 is 0 Å². The second-order valence-electron chi connectivity index (χ2n) is 4.47. The Hall–Kier alpha value is -2.27. The van der Waals surface area contributed by atoms with E-state index >= 15 is 0 Å².